The molecule has 9 nitrogen and oxygen atoms in total. The molecule has 0 fully saturated rings. The number of imide groups is 1. The van der Waals surface area contributed by atoms with Gasteiger partial charge in [0.05, 0.1) is 11.9 Å². The van der Waals surface area contributed by atoms with Crippen LogP contribution in [0.2, 0.25) is 0 Å². The average molecular weight is 420 g/mol. The van der Waals surface area contributed by atoms with E-state index in [0.29, 0.717) is 15.8 Å². The van der Waals surface area contributed by atoms with Crippen LogP contribution in [0.5, 0.6) is 11.5 Å². The third-order valence-electron chi connectivity index (χ3n) is 3.96. The van der Waals surface area contributed by atoms with Crippen molar-refractivity contribution in [3.8, 4) is 11.5 Å². The van der Waals surface area contributed by atoms with Gasteiger partial charge >= 0.3 is 12.1 Å². The SMILES string of the molecule is Cc1ccc(N(C(=O)NC(=O)OCC2COc3ccccc3O2)S(C)(=O)=O)cc1. The number of alkyl carbamates (subject to hydrolysis) is 1. The fourth-order valence-electron chi connectivity index (χ4n) is 2.63. The van der Waals surface area contributed by atoms with E-state index in [1.54, 1.807) is 36.4 Å². The molecular weight excluding hydrogens is 400 g/mol. The summed E-state index contributed by atoms with van der Waals surface area (Å²) < 4.78 is 40.7. The summed E-state index contributed by atoms with van der Waals surface area (Å²) in [5, 5.41) is 1.91. The number of nitrogens with one attached hydrogen (secondary N) is 1. The van der Waals surface area contributed by atoms with E-state index in [0.717, 1.165) is 11.8 Å². The van der Waals surface area contributed by atoms with Gasteiger partial charge in [-0.15, -0.1) is 0 Å². The molecule has 10 heteroatoms. The van der Waals surface area contributed by atoms with Crippen molar-refractivity contribution in [2.24, 2.45) is 0 Å². The lowest BCUT2D eigenvalue weighted by molar-refractivity contribution is 0.0343. The smallest absolute Gasteiger partial charge is 0.415 e. The highest BCUT2D eigenvalue weighted by Crippen LogP contribution is 2.30. The number of hydrogen-bond donors (Lipinski definition) is 1. The monoisotopic (exact) mass is 420 g/mol. The van der Waals surface area contributed by atoms with Crippen molar-refractivity contribution in [3.05, 3.63) is 54.1 Å². The molecule has 0 radical (unpaired) electrons. The predicted molar refractivity (Wildman–Crippen MR) is 105 cm³/mol. The highest BCUT2D eigenvalue weighted by atomic mass is 32.2. The summed E-state index contributed by atoms with van der Waals surface area (Å²) >= 11 is 0. The van der Waals surface area contributed by atoms with Crippen molar-refractivity contribution in [3.63, 3.8) is 0 Å². The Bertz CT molecular complexity index is 1010. The van der Waals surface area contributed by atoms with Crippen LogP contribution in [-0.4, -0.2) is 46.1 Å². The zero-order valence-corrected chi connectivity index (χ0v) is 16.6. The summed E-state index contributed by atoms with van der Waals surface area (Å²) in [4.78, 5) is 24.4. The van der Waals surface area contributed by atoms with Gasteiger partial charge in [-0.05, 0) is 31.2 Å². The molecule has 1 aliphatic rings. The van der Waals surface area contributed by atoms with Crippen LogP contribution in [0, 0.1) is 6.92 Å². The van der Waals surface area contributed by atoms with Crippen LogP contribution in [0.15, 0.2) is 48.5 Å². The van der Waals surface area contributed by atoms with Crippen LogP contribution in [0.3, 0.4) is 0 Å². The Hall–Kier alpha value is -3.27. The van der Waals surface area contributed by atoms with Crippen LogP contribution >= 0.6 is 0 Å². The number of para-hydroxylation sites is 2. The standard InChI is InChI=1S/C19H20N2O7S/c1-13-7-9-14(10-8-13)21(29(2,24)25)18(22)20-19(23)27-12-15-11-26-16-5-3-4-6-17(16)28-15/h3-10,15H,11-12H2,1-2H3,(H,20,22,23). The summed E-state index contributed by atoms with van der Waals surface area (Å²) in [6, 6.07) is 12.1. The van der Waals surface area contributed by atoms with E-state index < -0.39 is 28.3 Å². The first-order valence-electron chi connectivity index (χ1n) is 8.67. The molecule has 0 aromatic heterocycles. The van der Waals surface area contributed by atoms with Gasteiger partial charge in [-0.3, -0.25) is 0 Å². The molecule has 1 unspecified atom stereocenters. The second kappa shape index (κ2) is 8.39. The van der Waals surface area contributed by atoms with Gasteiger partial charge in [0.2, 0.25) is 10.0 Å². The highest BCUT2D eigenvalue weighted by molar-refractivity contribution is 7.92. The minimum absolute atomic E-state index is 0.101. The molecule has 29 heavy (non-hydrogen) atoms. The molecule has 0 spiro atoms. The van der Waals surface area contributed by atoms with E-state index in [1.807, 2.05) is 12.2 Å². The van der Waals surface area contributed by atoms with Gasteiger partial charge in [-0.2, -0.15) is 4.31 Å². The van der Waals surface area contributed by atoms with Gasteiger partial charge in [0.15, 0.2) is 17.6 Å². The number of ether oxygens (including phenoxy) is 3. The highest BCUT2D eigenvalue weighted by Gasteiger charge is 2.28. The second-order valence-electron chi connectivity index (χ2n) is 6.39. The first kappa shape index (κ1) is 20.5. The lowest BCUT2D eigenvalue weighted by atomic mass is 10.2. The Morgan fingerprint density at radius 1 is 1.14 bits per heavy atom. The van der Waals surface area contributed by atoms with Gasteiger partial charge in [-0.25, -0.2) is 23.3 Å². The summed E-state index contributed by atoms with van der Waals surface area (Å²) in [5.41, 5.74) is 0.988. The van der Waals surface area contributed by atoms with Gasteiger partial charge in [0, 0.05) is 0 Å². The Balaban J connectivity index is 1.59. The second-order valence-corrected chi connectivity index (χ2v) is 8.22. The first-order valence-corrected chi connectivity index (χ1v) is 10.5. The number of nitrogens with zero attached hydrogens (tertiary/aromatic N) is 1. The molecule has 2 aromatic rings. The van der Waals surface area contributed by atoms with Crippen molar-refractivity contribution in [2.75, 3.05) is 23.8 Å². The normalized spacial score (nSPS) is 15.3. The molecule has 0 bridgehead atoms. The zero-order valence-electron chi connectivity index (χ0n) is 15.8. The van der Waals surface area contributed by atoms with E-state index in [1.165, 1.54) is 12.1 Å². The number of carbonyl (C=O) groups is 2. The molecule has 1 atom stereocenters. The number of carbonyl (C=O) groups excluding carboxylic acids is 2. The van der Waals surface area contributed by atoms with E-state index in [4.69, 9.17) is 14.2 Å². The maximum absolute atomic E-state index is 12.4. The van der Waals surface area contributed by atoms with Crippen molar-refractivity contribution in [1.82, 2.24) is 5.32 Å². The van der Waals surface area contributed by atoms with Crippen molar-refractivity contribution >= 4 is 27.8 Å². The van der Waals surface area contributed by atoms with Crippen LogP contribution < -0.4 is 19.1 Å². The number of sulfonamides is 1. The minimum atomic E-state index is -3.98. The molecule has 0 saturated heterocycles. The predicted octanol–water partition coefficient (Wildman–Crippen LogP) is 2.45. The Morgan fingerprint density at radius 3 is 2.45 bits per heavy atom. The molecule has 2 aromatic carbocycles. The van der Waals surface area contributed by atoms with Gasteiger partial charge in [0.25, 0.3) is 0 Å². The maximum atomic E-state index is 12.4. The average Bonchev–Trinajstić information content (AvgIpc) is 2.67. The third kappa shape index (κ3) is 5.17. The molecule has 0 aliphatic carbocycles. The molecule has 3 amide bonds. The Labute approximate surface area is 168 Å². The van der Waals surface area contributed by atoms with Crippen LogP contribution in [-0.2, 0) is 14.8 Å². The van der Waals surface area contributed by atoms with Gasteiger partial charge in [-0.1, -0.05) is 29.8 Å². The summed E-state index contributed by atoms with van der Waals surface area (Å²) in [6.45, 7) is 1.80. The summed E-state index contributed by atoms with van der Waals surface area (Å²) in [6.07, 6.45) is -0.797. The van der Waals surface area contributed by atoms with Crippen molar-refractivity contribution in [2.45, 2.75) is 13.0 Å². The number of benzene rings is 2. The number of anilines is 1. The molecule has 1 heterocycles. The van der Waals surface area contributed by atoms with E-state index in [2.05, 4.69) is 0 Å². The number of rotatable bonds is 4. The number of amides is 3. The maximum Gasteiger partial charge on any atom is 0.415 e. The Morgan fingerprint density at radius 2 is 1.79 bits per heavy atom. The lowest BCUT2D eigenvalue weighted by Gasteiger charge is -2.26. The van der Waals surface area contributed by atoms with Crippen LogP contribution in [0.4, 0.5) is 15.3 Å². The fraction of sp³-hybridized carbons (Fsp3) is 0.263. The van der Waals surface area contributed by atoms with Crippen molar-refractivity contribution < 1.29 is 32.2 Å². The summed E-state index contributed by atoms with van der Waals surface area (Å²) in [7, 11) is -3.98. The zero-order chi connectivity index (χ0) is 21.0. The largest absolute Gasteiger partial charge is 0.486 e. The lowest BCUT2D eigenvalue weighted by Crippen LogP contribution is -2.46. The van der Waals surface area contributed by atoms with Crippen molar-refractivity contribution in [1.29, 1.82) is 0 Å². The van der Waals surface area contributed by atoms with Gasteiger partial charge < -0.3 is 14.2 Å². The summed E-state index contributed by atoms with van der Waals surface area (Å²) in [5.74, 6) is 1.11. The first-order chi connectivity index (χ1) is 13.7. The van der Waals surface area contributed by atoms with E-state index in [9.17, 15) is 18.0 Å². The minimum Gasteiger partial charge on any atom is -0.486 e. The molecule has 0 saturated carbocycles. The third-order valence-corrected chi connectivity index (χ3v) is 5.00. The molecule has 154 valence electrons. The topological polar surface area (TPSA) is 111 Å². The van der Waals surface area contributed by atoms with Gasteiger partial charge in [0.1, 0.15) is 13.2 Å². The molecule has 1 N–H and O–H groups in total. The molecule has 3 rings (SSSR count). The van der Waals surface area contributed by atoms with E-state index in [-0.39, 0.29) is 18.9 Å². The Kier molecular flexibility index (Phi) is 5.92. The number of aryl methyl sites for hydroxylation is 1. The van der Waals surface area contributed by atoms with Crippen LogP contribution in [0.1, 0.15) is 5.56 Å². The number of fused-ring (bicyclic) bond motifs is 1. The molecule has 1 aliphatic heterocycles. The number of hydrogen-bond acceptors (Lipinski definition) is 7. The van der Waals surface area contributed by atoms with E-state index >= 15 is 0 Å². The fourth-order valence-corrected chi connectivity index (χ4v) is 3.48. The molecular formula is C19H20N2O7S. The number of urea groups is 1. The van der Waals surface area contributed by atoms with Crippen LogP contribution in [0.25, 0.3) is 0 Å². The quantitative estimate of drug-likeness (QED) is 0.809.